The smallest absolute Gasteiger partial charge is 0.249 e. The van der Waals surface area contributed by atoms with Gasteiger partial charge in [0.15, 0.2) is 5.82 Å². The molecule has 29 heavy (non-hydrogen) atoms. The zero-order chi connectivity index (χ0) is 19.9. The summed E-state index contributed by atoms with van der Waals surface area (Å²) in [7, 11) is 0. The summed E-state index contributed by atoms with van der Waals surface area (Å²) in [6, 6.07) is 25.8. The molecular formula is C23H21N5O. The normalized spacial score (nSPS) is 10.4. The molecule has 0 aliphatic rings. The number of nitrogens with zero attached hydrogens (tertiary/aromatic N) is 3. The van der Waals surface area contributed by atoms with Crippen LogP contribution in [-0.4, -0.2) is 15.2 Å². The summed E-state index contributed by atoms with van der Waals surface area (Å²) in [5, 5.41) is 14.4. The maximum atomic E-state index is 5.82. The monoisotopic (exact) mass is 383 g/mol. The molecule has 0 radical (unpaired) electrons. The minimum absolute atomic E-state index is 0.432. The molecule has 1 aromatic heterocycles. The number of hydrogen-bond acceptors (Lipinski definition) is 6. The third-order valence-electron chi connectivity index (χ3n) is 4.24. The molecule has 0 bridgehead atoms. The molecular weight excluding hydrogens is 362 g/mol. The highest BCUT2D eigenvalue weighted by Crippen LogP contribution is 2.20. The molecule has 0 spiro atoms. The Morgan fingerprint density at radius 3 is 2.24 bits per heavy atom. The SMILES string of the molecule is Cc1ccc(Nc2nncc(Nc3ccc(OCc4ccccc4)cc3)n2)cc1. The van der Waals surface area contributed by atoms with Crippen LogP contribution in [0.2, 0.25) is 0 Å². The Labute approximate surface area is 169 Å². The number of ether oxygens (including phenoxy) is 1. The topological polar surface area (TPSA) is 72.0 Å². The molecule has 4 rings (SSSR count). The lowest BCUT2D eigenvalue weighted by Crippen LogP contribution is -2.02. The van der Waals surface area contributed by atoms with Gasteiger partial charge in [0, 0.05) is 11.4 Å². The van der Waals surface area contributed by atoms with Gasteiger partial charge in [-0.25, -0.2) is 0 Å². The highest BCUT2D eigenvalue weighted by Gasteiger charge is 2.03. The predicted molar refractivity (Wildman–Crippen MR) is 115 cm³/mol. The number of nitrogens with one attached hydrogen (secondary N) is 2. The highest BCUT2D eigenvalue weighted by molar-refractivity contribution is 5.59. The van der Waals surface area contributed by atoms with Crippen LogP contribution in [0.4, 0.5) is 23.1 Å². The number of aromatic nitrogens is 3. The molecule has 0 aliphatic carbocycles. The summed E-state index contributed by atoms with van der Waals surface area (Å²) in [5.74, 6) is 1.84. The van der Waals surface area contributed by atoms with E-state index in [0.717, 1.165) is 22.7 Å². The first-order valence-corrected chi connectivity index (χ1v) is 9.32. The molecule has 0 atom stereocenters. The van der Waals surface area contributed by atoms with Crippen LogP contribution in [0.5, 0.6) is 5.75 Å². The molecule has 3 aromatic carbocycles. The van der Waals surface area contributed by atoms with E-state index < -0.39 is 0 Å². The van der Waals surface area contributed by atoms with E-state index in [0.29, 0.717) is 18.4 Å². The third-order valence-corrected chi connectivity index (χ3v) is 4.24. The number of benzene rings is 3. The van der Waals surface area contributed by atoms with Crippen molar-refractivity contribution >= 4 is 23.1 Å². The van der Waals surface area contributed by atoms with Crippen LogP contribution in [-0.2, 0) is 6.61 Å². The first kappa shape index (κ1) is 18.4. The van der Waals surface area contributed by atoms with E-state index in [9.17, 15) is 0 Å². The van der Waals surface area contributed by atoms with E-state index in [1.807, 2.05) is 85.8 Å². The molecule has 2 N–H and O–H groups in total. The molecule has 6 nitrogen and oxygen atoms in total. The van der Waals surface area contributed by atoms with Gasteiger partial charge in [-0.1, -0.05) is 48.0 Å². The van der Waals surface area contributed by atoms with Crippen molar-refractivity contribution in [2.75, 3.05) is 10.6 Å². The van der Waals surface area contributed by atoms with E-state index >= 15 is 0 Å². The van der Waals surface area contributed by atoms with Gasteiger partial charge in [0.05, 0.1) is 6.20 Å². The van der Waals surface area contributed by atoms with E-state index in [1.165, 1.54) is 5.56 Å². The van der Waals surface area contributed by atoms with Gasteiger partial charge in [-0.05, 0) is 48.9 Å². The van der Waals surface area contributed by atoms with Crippen molar-refractivity contribution in [3.8, 4) is 5.75 Å². The van der Waals surface area contributed by atoms with Gasteiger partial charge in [0.25, 0.3) is 0 Å². The molecule has 144 valence electrons. The number of aryl methyl sites for hydroxylation is 1. The fourth-order valence-corrected chi connectivity index (χ4v) is 2.71. The van der Waals surface area contributed by atoms with Crippen LogP contribution in [0, 0.1) is 6.92 Å². The van der Waals surface area contributed by atoms with Gasteiger partial charge in [-0.2, -0.15) is 10.1 Å². The maximum absolute atomic E-state index is 5.82. The Morgan fingerprint density at radius 1 is 0.793 bits per heavy atom. The molecule has 4 aromatic rings. The van der Waals surface area contributed by atoms with Crippen molar-refractivity contribution in [3.05, 3.63) is 96.2 Å². The van der Waals surface area contributed by atoms with E-state index in [-0.39, 0.29) is 0 Å². The minimum Gasteiger partial charge on any atom is -0.489 e. The molecule has 0 aliphatic heterocycles. The lowest BCUT2D eigenvalue weighted by molar-refractivity contribution is 0.306. The largest absolute Gasteiger partial charge is 0.489 e. The van der Waals surface area contributed by atoms with Crippen LogP contribution in [0.3, 0.4) is 0 Å². The summed E-state index contributed by atoms with van der Waals surface area (Å²) in [6.07, 6.45) is 1.58. The Hall–Kier alpha value is -3.93. The summed E-state index contributed by atoms with van der Waals surface area (Å²) >= 11 is 0. The second kappa shape index (κ2) is 8.84. The third kappa shape index (κ3) is 5.29. The zero-order valence-electron chi connectivity index (χ0n) is 16.0. The number of rotatable bonds is 7. The Bertz CT molecular complexity index is 1050. The standard InChI is InChI=1S/C23H21N5O/c1-17-7-9-20(10-8-17)26-23-27-22(15-24-28-23)25-19-11-13-21(14-12-19)29-16-18-5-3-2-4-6-18/h2-15H,16H2,1H3,(H2,25,26,27,28). The van der Waals surface area contributed by atoms with Crippen LogP contribution in [0.25, 0.3) is 0 Å². The maximum Gasteiger partial charge on any atom is 0.249 e. The zero-order valence-corrected chi connectivity index (χ0v) is 16.0. The average molecular weight is 383 g/mol. The van der Waals surface area contributed by atoms with E-state index in [1.54, 1.807) is 6.20 Å². The van der Waals surface area contributed by atoms with Gasteiger partial charge in [-0.15, -0.1) is 5.10 Å². The first-order chi connectivity index (χ1) is 14.2. The van der Waals surface area contributed by atoms with Crippen molar-refractivity contribution in [2.45, 2.75) is 13.5 Å². The first-order valence-electron chi connectivity index (χ1n) is 9.32. The van der Waals surface area contributed by atoms with Crippen molar-refractivity contribution < 1.29 is 4.74 Å². The molecule has 0 saturated carbocycles. The predicted octanol–water partition coefficient (Wildman–Crippen LogP) is 5.25. The van der Waals surface area contributed by atoms with Gasteiger partial charge < -0.3 is 15.4 Å². The number of anilines is 4. The lowest BCUT2D eigenvalue weighted by atomic mass is 10.2. The molecule has 0 fully saturated rings. The second-order valence-corrected chi connectivity index (χ2v) is 6.58. The molecule has 1 heterocycles. The summed E-state index contributed by atoms with van der Waals surface area (Å²) in [4.78, 5) is 4.46. The Kier molecular flexibility index (Phi) is 5.62. The van der Waals surface area contributed by atoms with Crippen LogP contribution >= 0.6 is 0 Å². The van der Waals surface area contributed by atoms with E-state index in [2.05, 4.69) is 25.8 Å². The minimum atomic E-state index is 0.432. The van der Waals surface area contributed by atoms with Gasteiger partial charge in [0.2, 0.25) is 5.95 Å². The average Bonchev–Trinajstić information content (AvgIpc) is 2.76. The molecule has 0 saturated heterocycles. The van der Waals surface area contributed by atoms with Crippen LogP contribution in [0.1, 0.15) is 11.1 Å². The van der Waals surface area contributed by atoms with Crippen molar-refractivity contribution in [1.29, 1.82) is 0 Å². The van der Waals surface area contributed by atoms with Crippen LogP contribution < -0.4 is 15.4 Å². The number of hydrogen-bond donors (Lipinski definition) is 2. The van der Waals surface area contributed by atoms with E-state index in [4.69, 9.17) is 4.74 Å². The molecule has 0 amide bonds. The van der Waals surface area contributed by atoms with Crippen molar-refractivity contribution in [2.24, 2.45) is 0 Å². The summed E-state index contributed by atoms with van der Waals surface area (Å²) in [5.41, 5.74) is 4.13. The second-order valence-electron chi connectivity index (χ2n) is 6.58. The fourth-order valence-electron chi connectivity index (χ4n) is 2.71. The summed E-state index contributed by atoms with van der Waals surface area (Å²) in [6.45, 7) is 2.59. The van der Waals surface area contributed by atoms with Gasteiger partial charge in [0.1, 0.15) is 12.4 Å². The summed E-state index contributed by atoms with van der Waals surface area (Å²) < 4.78 is 5.82. The highest BCUT2D eigenvalue weighted by atomic mass is 16.5. The Morgan fingerprint density at radius 2 is 1.48 bits per heavy atom. The molecule has 0 unspecified atom stereocenters. The van der Waals surface area contributed by atoms with Gasteiger partial charge >= 0.3 is 0 Å². The molecule has 6 heteroatoms. The lowest BCUT2D eigenvalue weighted by Gasteiger charge is -2.09. The van der Waals surface area contributed by atoms with Crippen molar-refractivity contribution in [1.82, 2.24) is 15.2 Å². The fraction of sp³-hybridized carbons (Fsp3) is 0.0870. The van der Waals surface area contributed by atoms with Crippen molar-refractivity contribution in [3.63, 3.8) is 0 Å². The quantitative estimate of drug-likeness (QED) is 0.454. The van der Waals surface area contributed by atoms with Gasteiger partial charge in [-0.3, -0.25) is 0 Å². The Balaban J connectivity index is 1.37. The van der Waals surface area contributed by atoms with Crippen LogP contribution in [0.15, 0.2) is 85.1 Å².